The Balaban J connectivity index is 1.72. The third kappa shape index (κ3) is 3.42. The molecule has 0 spiro atoms. The summed E-state index contributed by atoms with van der Waals surface area (Å²) in [6.45, 7) is 6.81. The number of halogens is 1. The monoisotopic (exact) mass is 358 g/mol. The number of fused-ring (bicyclic) bond motifs is 1. The van der Waals surface area contributed by atoms with Gasteiger partial charge in [-0.3, -0.25) is 0 Å². The summed E-state index contributed by atoms with van der Waals surface area (Å²) in [5, 5.41) is 9.49. The Kier molecular flexibility index (Phi) is 5.00. The molecule has 0 amide bonds. The molecule has 2 aliphatic heterocycles. The molecule has 4 nitrogen and oxygen atoms in total. The van der Waals surface area contributed by atoms with Crippen LogP contribution in [0.25, 0.3) is 5.69 Å². The van der Waals surface area contributed by atoms with Crippen molar-refractivity contribution in [3.8, 4) is 5.69 Å². The van der Waals surface area contributed by atoms with Crippen molar-refractivity contribution in [2.24, 2.45) is 0 Å². The molecular weight excluding hydrogens is 332 g/mol. The zero-order chi connectivity index (χ0) is 17.2. The fourth-order valence-corrected chi connectivity index (χ4v) is 4.36. The van der Waals surface area contributed by atoms with Gasteiger partial charge in [0.25, 0.3) is 0 Å². The van der Waals surface area contributed by atoms with Crippen molar-refractivity contribution < 1.29 is 0 Å². The molecule has 0 unspecified atom stereocenters. The Morgan fingerprint density at radius 3 is 2.84 bits per heavy atom. The summed E-state index contributed by atoms with van der Waals surface area (Å²) in [6, 6.07) is 8.02. The molecule has 5 heteroatoms. The maximum absolute atomic E-state index is 6.23. The van der Waals surface area contributed by atoms with Crippen molar-refractivity contribution >= 4 is 17.4 Å². The van der Waals surface area contributed by atoms with E-state index in [4.69, 9.17) is 16.7 Å². The zero-order valence-corrected chi connectivity index (χ0v) is 15.7. The maximum atomic E-state index is 6.23. The molecule has 25 heavy (non-hydrogen) atoms. The van der Waals surface area contributed by atoms with Crippen molar-refractivity contribution in [2.45, 2.75) is 44.9 Å². The molecule has 1 saturated heterocycles. The second-order valence-corrected chi connectivity index (χ2v) is 7.63. The van der Waals surface area contributed by atoms with E-state index in [9.17, 15) is 0 Å². The Morgan fingerprint density at radius 1 is 1.24 bits per heavy atom. The number of hydrogen-bond donors (Lipinski definition) is 1. The minimum absolute atomic E-state index is 0.580. The third-order valence-electron chi connectivity index (χ3n) is 5.63. The van der Waals surface area contributed by atoms with E-state index in [0.29, 0.717) is 5.92 Å². The summed E-state index contributed by atoms with van der Waals surface area (Å²) in [5.41, 5.74) is 3.81. The van der Waals surface area contributed by atoms with Crippen molar-refractivity contribution in [2.75, 3.05) is 31.5 Å². The van der Waals surface area contributed by atoms with Gasteiger partial charge in [0.2, 0.25) is 0 Å². The van der Waals surface area contributed by atoms with E-state index in [1.54, 1.807) is 0 Å². The van der Waals surface area contributed by atoms with Crippen LogP contribution < -0.4 is 5.32 Å². The smallest absolute Gasteiger partial charge is 0.133 e. The molecule has 0 saturated carbocycles. The second-order valence-electron chi connectivity index (χ2n) is 7.20. The molecule has 4 rings (SSSR count). The highest BCUT2D eigenvalue weighted by atomic mass is 35.5. The fourth-order valence-electron chi connectivity index (χ4n) is 4.17. The van der Waals surface area contributed by atoms with E-state index < -0.39 is 0 Å². The second kappa shape index (κ2) is 7.38. The van der Waals surface area contributed by atoms with Crippen LogP contribution in [0.3, 0.4) is 0 Å². The van der Waals surface area contributed by atoms with Crippen LogP contribution in [0.4, 0.5) is 5.82 Å². The van der Waals surface area contributed by atoms with E-state index in [1.165, 1.54) is 55.8 Å². The van der Waals surface area contributed by atoms with Crippen molar-refractivity contribution in [3.05, 3.63) is 40.5 Å². The van der Waals surface area contributed by atoms with Gasteiger partial charge in [0.15, 0.2) is 0 Å². The van der Waals surface area contributed by atoms with Crippen LogP contribution in [0.15, 0.2) is 24.3 Å². The summed E-state index contributed by atoms with van der Waals surface area (Å²) in [5.74, 6) is 1.77. The van der Waals surface area contributed by atoms with E-state index in [-0.39, 0.29) is 0 Å². The number of nitrogens with zero attached hydrogens (tertiary/aromatic N) is 3. The van der Waals surface area contributed by atoms with E-state index >= 15 is 0 Å². The molecule has 3 heterocycles. The summed E-state index contributed by atoms with van der Waals surface area (Å²) >= 11 is 6.23. The van der Waals surface area contributed by atoms with Crippen LogP contribution in [0, 0.1) is 0 Å². The number of likely N-dealkylation sites (tertiary alicyclic amines) is 1. The number of benzene rings is 1. The van der Waals surface area contributed by atoms with Gasteiger partial charge >= 0.3 is 0 Å². The number of rotatable bonds is 3. The highest BCUT2D eigenvalue weighted by Crippen LogP contribution is 2.36. The normalized spacial score (nSPS) is 19.3. The molecule has 2 aliphatic rings. The average molecular weight is 359 g/mol. The van der Waals surface area contributed by atoms with E-state index in [1.807, 2.05) is 18.2 Å². The quantitative estimate of drug-likeness (QED) is 0.878. The largest absolute Gasteiger partial charge is 0.370 e. The Hall–Kier alpha value is -1.52. The van der Waals surface area contributed by atoms with Crippen LogP contribution in [0.1, 0.15) is 49.8 Å². The zero-order valence-electron chi connectivity index (χ0n) is 15.0. The molecule has 2 aromatic rings. The lowest BCUT2D eigenvalue weighted by atomic mass is 9.90. The molecule has 1 fully saturated rings. The van der Waals surface area contributed by atoms with Gasteiger partial charge in [-0.25, -0.2) is 4.68 Å². The van der Waals surface area contributed by atoms with Gasteiger partial charge in [-0.1, -0.05) is 24.6 Å². The summed E-state index contributed by atoms with van der Waals surface area (Å²) in [4.78, 5) is 2.54. The molecular formula is C20H27ClN4. The summed E-state index contributed by atoms with van der Waals surface area (Å²) in [7, 11) is 0. The lowest BCUT2D eigenvalue weighted by Gasteiger charge is -2.30. The number of nitrogens with one attached hydrogen (secondary N) is 1. The molecule has 0 bridgehead atoms. The SMILES string of the molecule is CCN1CCC(c2nn(-c3cccc(Cl)c3)c3c2CCCCN3)CC1. The van der Waals surface area contributed by atoms with Crippen LogP contribution in [-0.4, -0.2) is 40.9 Å². The van der Waals surface area contributed by atoms with Gasteiger partial charge in [-0.15, -0.1) is 0 Å². The lowest BCUT2D eigenvalue weighted by Crippen LogP contribution is -2.33. The van der Waals surface area contributed by atoms with Gasteiger partial charge in [0.05, 0.1) is 11.4 Å². The van der Waals surface area contributed by atoms with Crippen LogP contribution in [0.2, 0.25) is 5.02 Å². The summed E-state index contributed by atoms with van der Waals surface area (Å²) < 4.78 is 2.09. The average Bonchev–Trinajstić information content (AvgIpc) is 2.83. The van der Waals surface area contributed by atoms with Gasteiger partial charge in [-0.05, 0) is 69.9 Å². The molecule has 0 aliphatic carbocycles. The molecule has 1 aromatic heterocycles. The van der Waals surface area contributed by atoms with Gasteiger partial charge in [0.1, 0.15) is 5.82 Å². The topological polar surface area (TPSA) is 33.1 Å². The van der Waals surface area contributed by atoms with Crippen molar-refractivity contribution in [1.82, 2.24) is 14.7 Å². The standard InChI is InChI=1S/C20H27ClN4/c1-2-24-12-9-15(10-13-24)19-18-8-3-4-11-22-20(18)25(23-19)17-7-5-6-16(21)14-17/h5-7,14-15,22H,2-4,8-13H2,1H3. The molecule has 0 radical (unpaired) electrons. The first kappa shape index (κ1) is 16.9. The predicted octanol–water partition coefficient (Wildman–Crippen LogP) is 4.47. The first-order chi connectivity index (χ1) is 12.3. The van der Waals surface area contributed by atoms with Crippen LogP contribution in [-0.2, 0) is 6.42 Å². The Labute approximate surface area is 155 Å². The maximum Gasteiger partial charge on any atom is 0.133 e. The summed E-state index contributed by atoms with van der Waals surface area (Å²) in [6.07, 6.45) is 6.02. The highest BCUT2D eigenvalue weighted by molar-refractivity contribution is 6.30. The fraction of sp³-hybridized carbons (Fsp3) is 0.550. The number of hydrogen-bond acceptors (Lipinski definition) is 3. The van der Waals surface area contributed by atoms with E-state index in [0.717, 1.165) is 30.2 Å². The number of piperidine rings is 1. The van der Waals surface area contributed by atoms with Gasteiger partial charge in [0, 0.05) is 23.0 Å². The minimum atomic E-state index is 0.580. The van der Waals surface area contributed by atoms with Crippen LogP contribution in [0.5, 0.6) is 0 Å². The minimum Gasteiger partial charge on any atom is -0.370 e. The third-order valence-corrected chi connectivity index (χ3v) is 5.87. The Bertz CT molecular complexity index is 731. The number of aromatic nitrogens is 2. The molecule has 0 atom stereocenters. The molecule has 134 valence electrons. The van der Waals surface area contributed by atoms with Crippen LogP contribution >= 0.6 is 11.6 Å². The molecule has 1 aromatic carbocycles. The van der Waals surface area contributed by atoms with Crippen molar-refractivity contribution in [3.63, 3.8) is 0 Å². The van der Waals surface area contributed by atoms with Crippen molar-refractivity contribution in [1.29, 1.82) is 0 Å². The Morgan fingerprint density at radius 2 is 2.08 bits per heavy atom. The number of anilines is 1. The predicted molar refractivity (Wildman–Crippen MR) is 104 cm³/mol. The highest BCUT2D eigenvalue weighted by Gasteiger charge is 2.28. The van der Waals surface area contributed by atoms with Gasteiger partial charge in [-0.2, -0.15) is 5.10 Å². The molecule has 1 N–H and O–H groups in total. The van der Waals surface area contributed by atoms with E-state index in [2.05, 4.69) is 27.9 Å². The van der Waals surface area contributed by atoms with Gasteiger partial charge < -0.3 is 10.2 Å². The first-order valence-corrected chi connectivity index (χ1v) is 9.98. The lowest BCUT2D eigenvalue weighted by molar-refractivity contribution is 0.220. The first-order valence-electron chi connectivity index (χ1n) is 9.60.